The Bertz CT molecular complexity index is 777. The highest BCUT2D eigenvalue weighted by Crippen LogP contribution is 2.24. The number of carbonyl (C=O) groups excluding carboxylic acids is 1. The molecule has 21 heavy (non-hydrogen) atoms. The smallest absolute Gasteiger partial charge is 0.267 e. The van der Waals surface area contributed by atoms with Gasteiger partial charge in [-0.3, -0.25) is 10.1 Å². The summed E-state index contributed by atoms with van der Waals surface area (Å²) >= 11 is 2.68. The quantitative estimate of drug-likeness (QED) is 0.790. The number of hydrogen-bond acceptors (Lipinski definition) is 5. The summed E-state index contributed by atoms with van der Waals surface area (Å²) in [7, 11) is 0. The summed E-state index contributed by atoms with van der Waals surface area (Å²) in [6.07, 6.45) is 0. The summed E-state index contributed by atoms with van der Waals surface area (Å²) in [5, 5.41) is 3.34. The third kappa shape index (κ3) is 3.01. The number of aromatic nitrogens is 2. The number of benzene rings is 1. The van der Waals surface area contributed by atoms with Crippen molar-refractivity contribution in [3.63, 3.8) is 0 Å². The Morgan fingerprint density at radius 3 is 2.62 bits per heavy atom. The second-order valence-electron chi connectivity index (χ2n) is 4.61. The zero-order chi connectivity index (χ0) is 14.8. The summed E-state index contributed by atoms with van der Waals surface area (Å²) in [6, 6.07) is 11.7. The molecular weight excluding hydrogens is 302 g/mol. The lowest BCUT2D eigenvalue weighted by molar-refractivity contribution is 0.103. The van der Waals surface area contributed by atoms with Gasteiger partial charge in [-0.1, -0.05) is 30.3 Å². The molecule has 0 radical (unpaired) electrons. The van der Waals surface area contributed by atoms with E-state index in [4.69, 9.17) is 0 Å². The molecule has 6 heteroatoms. The van der Waals surface area contributed by atoms with Crippen molar-refractivity contribution in [1.29, 1.82) is 0 Å². The van der Waals surface area contributed by atoms with Gasteiger partial charge in [0, 0.05) is 22.0 Å². The fourth-order valence-electron chi connectivity index (χ4n) is 2.00. The van der Waals surface area contributed by atoms with Gasteiger partial charge in [0.1, 0.15) is 0 Å². The van der Waals surface area contributed by atoms with Gasteiger partial charge in [0.25, 0.3) is 5.91 Å². The molecule has 1 N–H and O–H groups in total. The minimum absolute atomic E-state index is 0.124. The number of rotatable bonds is 3. The molecule has 0 aliphatic heterocycles. The summed E-state index contributed by atoms with van der Waals surface area (Å²) < 4.78 is 4.28. The predicted octanol–water partition coefficient (Wildman–Crippen LogP) is 4.14. The molecule has 0 saturated carbocycles. The van der Waals surface area contributed by atoms with Crippen LogP contribution in [0.4, 0.5) is 5.13 Å². The Labute approximate surface area is 130 Å². The van der Waals surface area contributed by atoms with Crippen LogP contribution < -0.4 is 5.32 Å². The van der Waals surface area contributed by atoms with Crippen molar-refractivity contribution < 1.29 is 4.79 Å². The number of nitrogens with one attached hydrogen (secondary N) is 1. The average molecular weight is 315 g/mol. The fourth-order valence-corrected chi connectivity index (χ4v) is 3.51. The van der Waals surface area contributed by atoms with E-state index in [0.29, 0.717) is 11.0 Å². The van der Waals surface area contributed by atoms with Crippen molar-refractivity contribution >= 4 is 33.9 Å². The lowest BCUT2D eigenvalue weighted by Crippen LogP contribution is -2.11. The molecule has 106 valence electrons. The van der Waals surface area contributed by atoms with Gasteiger partial charge >= 0.3 is 0 Å². The van der Waals surface area contributed by atoms with Gasteiger partial charge in [0.05, 0.1) is 4.88 Å². The number of carbonyl (C=O) groups is 1. The highest BCUT2D eigenvalue weighted by atomic mass is 32.1. The molecule has 0 saturated heterocycles. The number of aryl methyl sites for hydroxylation is 2. The summed E-state index contributed by atoms with van der Waals surface area (Å²) in [6.45, 7) is 3.93. The van der Waals surface area contributed by atoms with Gasteiger partial charge in [-0.2, -0.15) is 9.36 Å². The van der Waals surface area contributed by atoms with Crippen molar-refractivity contribution in [2.45, 2.75) is 13.8 Å². The Hall–Kier alpha value is -2.05. The van der Waals surface area contributed by atoms with Crippen molar-refractivity contribution in [3.8, 4) is 11.4 Å². The van der Waals surface area contributed by atoms with Crippen LogP contribution in [0.5, 0.6) is 0 Å². The molecule has 3 rings (SSSR count). The molecular formula is C15H13N3OS2. The number of hydrogen-bond donors (Lipinski definition) is 1. The highest BCUT2D eigenvalue weighted by molar-refractivity contribution is 7.14. The van der Waals surface area contributed by atoms with Crippen LogP contribution in [0.25, 0.3) is 11.4 Å². The van der Waals surface area contributed by atoms with E-state index in [2.05, 4.69) is 14.7 Å². The molecule has 0 fully saturated rings. The zero-order valence-corrected chi connectivity index (χ0v) is 13.2. The molecule has 3 aromatic rings. The molecule has 0 unspecified atom stereocenters. The Morgan fingerprint density at radius 1 is 1.19 bits per heavy atom. The van der Waals surface area contributed by atoms with Gasteiger partial charge in [-0.15, -0.1) is 11.3 Å². The lowest BCUT2D eigenvalue weighted by Gasteiger charge is -1.99. The average Bonchev–Trinajstić information content (AvgIpc) is 3.06. The molecule has 0 bridgehead atoms. The van der Waals surface area contributed by atoms with Gasteiger partial charge in [0.2, 0.25) is 5.13 Å². The molecule has 2 heterocycles. The van der Waals surface area contributed by atoms with Crippen LogP contribution in [-0.2, 0) is 0 Å². The van der Waals surface area contributed by atoms with Crippen LogP contribution in [-0.4, -0.2) is 15.3 Å². The summed E-state index contributed by atoms with van der Waals surface area (Å²) in [4.78, 5) is 18.4. The van der Waals surface area contributed by atoms with Crippen molar-refractivity contribution in [1.82, 2.24) is 9.36 Å². The Kier molecular flexibility index (Phi) is 3.81. The zero-order valence-electron chi connectivity index (χ0n) is 11.6. The van der Waals surface area contributed by atoms with Crippen molar-refractivity contribution in [2.24, 2.45) is 0 Å². The number of nitrogens with zero attached hydrogens (tertiary/aromatic N) is 2. The van der Waals surface area contributed by atoms with Gasteiger partial charge in [-0.05, 0) is 25.5 Å². The maximum Gasteiger partial charge on any atom is 0.267 e. The highest BCUT2D eigenvalue weighted by Gasteiger charge is 2.15. The second kappa shape index (κ2) is 5.75. The van der Waals surface area contributed by atoms with E-state index in [1.54, 1.807) is 0 Å². The summed E-state index contributed by atoms with van der Waals surface area (Å²) in [5.41, 5.74) is 1.93. The normalized spacial score (nSPS) is 10.6. The van der Waals surface area contributed by atoms with E-state index in [-0.39, 0.29) is 5.91 Å². The first-order valence-electron chi connectivity index (χ1n) is 6.41. The van der Waals surface area contributed by atoms with Gasteiger partial charge in [0.15, 0.2) is 5.82 Å². The predicted molar refractivity (Wildman–Crippen MR) is 87.1 cm³/mol. The molecule has 0 spiro atoms. The topological polar surface area (TPSA) is 54.9 Å². The first-order valence-corrected chi connectivity index (χ1v) is 8.00. The van der Waals surface area contributed by atoms with E-state index in [1.807, 2.05) is 50.2 Å². The van der Waals surface area contributed by atoms with Crippen molar-refractivity contribution in [2.75, 3.05) is 5.32 Å². The van der Waals surface area contributed by atoms with Gasteiger partial charge in [-0.25, -0.2) is 0 Å². The van der Waals surface area contributed by atoms with E-state index >= 15 is 0 Å². The lowest BCUT2D eigenvalue weighted by atomic mass is 10.2. The number of thiophene rings is 1. The van der Waals surface area contributed by atoms with Crippen LogP contribution in [0.15, 0.2) is 36.4 Å². The van der Waals surface area contributed by atoms with Crippen LogP contribution in [0.2, 0.25) is 0 Å². The SMILES string of the molecule is Cc1cc(C)c(C(=O)Nc2nc(-c3ccccc3)ns2)s1. The number of anilines is 1. The van der Waals surface area contributed by atoms with Crippen LogP contribution in [0, 0.1) is 13.8 Å². The maximum atomic E-state index is 12.2. The van der Waals surface area contributed by atoms with Crippen LogP contribution in [0.1, 0.15) is 20.1 Å². The van der Waals surface area contributed by atoms with E-state index in [9.17, 15) is 4.79 Å². The van der Waals surface area contributed by atoms with Gasteiger partial charge < -0.3 is 0 Å². The third-order valence-electron chi connectivity index (χ3n) is 2.93. The molecule has 0 aliphatic carbocycles. The monoisotopic (exact) mass is 315 g/mol. The van der Waals surface area contributed by atoms with Crippen LogP contribution >= 0.6 is 22.9 Å². The van der Waals surface area contributed by atoms with E-state index < -0.39 is 0 Å². The molecule has 1 aromatic carbocycles. The molecule has 0 aliphatic rings. The molecule has 4 nitrogen and oxygen atoms in total. The largest absolute Gasteiger partial charge is 0.296 e. The fraction of sp³-hybridized carbons (Fsp3) is 0.133. The first kappa shape index (κ1) is 13.9. The van der Waals surface area contributed by atoms with Crippen LogP contribution in [0.3, 0.4) is 0 Å². The van der Waals surface area contributed by atoms with E-state index in [1.165, 1.54) is 22.9 Å². The standard InChI is InChI=1S/C15H13N3OS2/c1-9-8-10(2)20-12(9)14(19)17-15-16-13(18-21-15)11-6-4-3-5-7-11/h3-8H,1-2H3,(H,16,17,18,19). The number of amides is 1. The minimum atomic E-state index is -0.124. The molecule has 1 amide bonds. The third-order valence-corrected chi connectivity index (χ3v) is 4.71. The minimum Gasteiger partial charge on any atom is -0.296 e. The Balaban J connectivity index is 1.79. The second-order valence-corrected chi connectivity index (χ2v) is 6.62. The molecule has 2 aromatic heterocycles. The Morgan fingerprint density at radius 2 is 1.95 bits per heavy atom. The maximum absolute atomic E-state index is 12.2. The van der Waals surface area contributed by atoms with E-state index in [0.717, 1.165) is 20.9 Å². The first-order chi connectivity index (χ1) is 10.1. The van der Waals surface area contributed by atoms with Crippen molar-refractivity contribution in [3.05, 3.63) is 51.7 Å². The molecule has 0 atom stereocenters. The summed E-state index contributed by atoms with van der Waals surface area (Å²) in [5.74, 6) is 0.511.